The highest BCUT2D eigenvalue weighted by atomic mass is 16.5. The molecule has 3 N–H and O–H groups in total. The van der Waals surface area contributed by atoms with Gasteiger partial charge in [0.2, 0.25) is 0 Å². The van der Waals surface area contributed by atoms with Crippen molar-refractivity contribution in [2.45, 2.75) is 39.7 Å². The highest BCUT2D eigenvalue weighted by molar-refractivity contribution is 5.90. The topological polar surface area (TPSA) is 87.4 Å². The second kappa shape index (κ2) is 6.24. The lowest BCUT2D eigenvalue weighted by molar-refractivity contribution is 0.241. The monoisotopic (exact) mass is 241 g/mol. The Balaban J connectivity index is 2.58. The predicted molar refractivity (Wildman–Crippen MR) is 63.9 cm³/mol. The van der Waals surface area contributed by atoms with E-state index in [1.54, 1.807) is 6.92 Å². The summed E-state index contributed by atoms with van der Waals surface area (Å²) in [7, 11) is 0. The maximum absolute atomic E-state index is 11.6. The van der Waals surface area contributed by atoms with Crippen LogP contribution >= 0.6 is 0 Å². The third-order valence-electron chi connectivity index (χ3n) is 2.43. The first-order chi connectivity index (χ1) is 8.08. The average molecular weight is 241 g/mol. The molecule has 0 saturated heterocycles. The number of aryl methyl sites for hydroxylation is 2. The van der Waals surface area contributed by atoms with Gasteiger partial charge in [0.25, 0.3) is 0 Å². The fraction of sp³-hybridized carbons (Fsp3) is 0.636. The third kappa shape index (κ3) is 3.74. The molecular formula is C11H19N3O3. The lowest BCUT2D eigenvalue weighted by atomic mass is 10.2. The standard InChI is InChI=1S/C11H19N3O3/c1-4-9-10(8(3)14-17-9)13-11(16)12-7(2)5-6-15/h7,15H,4-6H2,1-3H3,(H2,12,13,16)/t7-/m1/s1. The van der Waals surface area contributed by atoms with Crippen molar-refractivity contribution in [1.29, 1.82) is 0 Å². The number of aliphatic hydroxyl groups excluding tert-OH is 1. The SMILES string of the molecule is CCc1onc(C)c1NC(=O)N[C@H](C)CCO. The summed E-state index contributed by atoms with van der Waals surface area (Å²) in [4.78, 5) is 11.6. The van der Waals surface area contributed by atoms with Gasteiger partial charge in [0.05, 0.1) is 0 Å². The van der Waals surface area contributed by atoms with E-state index in [1.807, 2.05) is 13.8 Å². The number of hydrogen-bond acceptors (Lipinski definition) is 4. The molecule has 0 bridgehead atoms. The van der Waals surface area contributed by atoms with Crippen LogP contribution in [0.1, 0.15) is 31.7 Å². The molecule has 0 aromatic carbocycles. The highest BCUT2D eigenvalue weighted by Crippen LogP contribution is 2.20. The van der Waals surface area contributed by atoms with Crippen molar-refractivity contribution in [3.63, 3.8) is 0 Å². The van der Waals surface area contributed by atoms with Crippen LogP contribution in [0.15, 0.2) is 4.52 Å². The smallest absolute Gasteiger partial charge is 0.319 e. The van der Waals surface area contributed by atoms with Crippen LogP contribution < -0.4 is 10.6 Å². The molecule has 1 atom stereocenters. The molecule has 0 radical (unpaired) electrons. The summed E-state index contributed by atoms with van der Waals surface area (Å²) in [5.41, 5.74) is 1.29. The predicted octanol–water partition coefficient (Wildman–Crippen LogP) is 1.44. The van der Waals surface area contributed by atoms with Crippen molar-refractivity contribution in [2.75, 3.05) is 11.9 Å². The molecule has 0 aliphatic heterocycles. The van der Waals surface area contributed by atoms with Crippen molar-refractivity contribution in [3.05, 3.63) is 11.5 Å². The molecule has 6 heteroatoms. The molecule has 2 amide bonds. The van der Waals surface area contributed by atoms with Crippen LogP contribution in [-0.4, -0.2) is 28.9 Å². The van der Waals surface area contributed by atoms with Gasteiger partial charge < -0.3 is 20.3 Å². The number of urea groups is 1. The van der Waals surface area contributed by atoms with Gasteiger partial charge in [-0.3, -0.25) is 0 Å². The Hall–Kier alpha value is -1.56. The van der Waals surface area contributed by atoms with Crippen LogP contribution in [-0.2, 0) is 6.42 Å². The second-order valence-corrected chi connectivity index (χ2v) is 3.93. The van der Waals surface area contributed by atoms with Gasteiger partial charge in [0, 0.05) is 19.1 Å². The lowest BCUT2D eigenvalue weighted by Crippen LogP contribution is -2.36. The van der Waals surface area contributed by atoms with E-state index in [0.717, 1.165) is 0 Å². The minimum atomic E-state index is -0.313. The number of anilines is 1. The minimum Gasteiger partial charge on any atom is -0.396 e. The Kier molecular flexibility index (Phi) is 4.96. The fourth-order valence-electron chi connectivity index (χ4n) is 1.46. The lowest BCUT2D eigenvalue weighted by Gasteiger charge is -2.13. The summed E-state index contributed by atoms with van der Waals surface area (Å²) < 4.78 is 5.07. The van der Waals surface area contributed by atoms with Gasteiger partial charge in [-0.2, -0.15) is 0 Å². The number of amides is 2. The summed E-state index contributed by atoms with van der Waals surface area (Å²) in [5.74, 6) is 0.660. The van der Waals surface area contributed by atoms with E-state index in [2.05, 4.69) is 15.8 Å². The molecule has 1 rings (SSSR count). The molecular weight excluding hydrogens is 222 g/mol. The first-order valence-electron chi connectivity index (χ1n) is 5.72. The second-order valence-electron chi connectivity index (χ2n) is 3.93. The molecule has 0 unspecified atom stereocenters. The normalized spacial score (nSPS) is 12.2. The van der Waals surface area contributed by atoms with Crippen molar-refractivity contribution < 1.29 is 14.4 Å². The fourth-order valence-corrected chi connectivity index (χ4v) is 1.46. The molecule has 96 valence electrons. The van der Waals surface area contributed by atoms with Gasteiger partial charge in [-0.05, 0) is 20.3 Å². The summed E-state index contributed by atoms with van der Waals surface area (Å²) in [6.45, 7) is 5.58. The number of nitrogens with one attached hydrogen (secondary N) is 2. The van der Waals surface area contributed by atoms with E-state index in [9.17, 15) is 4.79 Å². The maximum Gasteiger partial charge on any atom is 0.319 e. The molecule has 0 aliphatic carbocycles. The van der Waals surface area contributed by atoms with E-state index in [0.29, 0.717) is 30.0 Å². The zero-order valence-corrected chi connectivity index (χ0v) is 10.4. The Morgan fingerprint density at radius 2 is 2.29 bits per heavy atom. The number of carbonyl (C=O) groups is 1. The molecule has 0 saturated carbocycles. The van der Waals surface area contributed by atoms with E-state index in [-0.39, 0.29) is 18.7 Å². The van der Waals surface area contributed by atoms with Crippen molar-refractivity contribution in [1.82, 2.24) is 10.5 Å². The van der Waals surface area contributed by atoms with Gasteiger partial charge in [-0.1, -0.05) is 12.1 Å². The quantitative estimate of drug-likeness (QED) is 0.728. The Bertz CT molecular complexity index is 376. The Morgan fingerprint density at radius 1 is 1.59 bits per heavy atom. The van der Waals surface area contributed by atoms with E-state index in [1.165, 1.54) is 0 Å². The molecule has 17 heavy (non-hydrogen) atoms. The molecule has 0 fully saturated rings. The average Bonchev–Trinajstić information content (AvgIpc) is 2.60. The van der Waals surface area contributed by atoms with Crippen molar-refractivity contribution in [3.8, 4) is 0 Å². The number of nitrogens with zero attached hydrogens (tertiary/aromatic N) is 1. The largest absolute Gasteiger partial charge is 0.396 e. The van der Waals surface area contributed by atoms with Crippen LogP contribution in [0.4, 0.5) is 10.5 Å². The van der Waals surface area contributed by atoms with Crippen molar-refractivity contribution >= 4 is 11.7 Å². The minimum absolute atomic E-state index is 0.0496. The van der Waals surface area contributed by atoms with Crippen LogP contribution in [0, 0.1) is 6.92 Å². The molecule has 0 aliphatic rings. The number of aliphatic hydroxyl groups is 1. The van der Waals surface area contributed by atoms with Gasteiger partial charge in [0.15, 0.2) is 5.76 Å². The first kappa shape index (κ1) is 13.5. The van der Waals surface area contributed by atoms with Gasteiger partial charge >= 0.3 is 6.03 Å². The third-order valence-corrected chi connectivity index (χ3v) is 2.43. The maximum atomic E-state index is 11.6. The van der Waals surface area contributed by atoms with E-state index < -0.39 is 0 Å². The van der Waals surface area contributed by atoms with Crippen LogP contribution in [0.25, 0.3) is 0 Å². The van der Waals surface area contributed by atoms with Crippen molar-refractivity contribution in [2.24, 2.45) is 0 Å². The molecule has 6 nitrogen and oxygen atoms in total. The number of rotatable bonds is 5. The van der Waals surface area contributed by atoms with E-state index in [4.69, 9.17) is 9.63 Å². The molecule has 0 spiro atoms. The zero-order valence-electron chi connectivity index (χ0n) is 10.4. The van der Waals surface area contributed by atoms with Gasteiger partial charge in [-0.15, -0.1) is 0 Å². The number of carbonyl (C=O) groups excluding carboxylic acids is 1. The first-order valence-corrected chi connectivity index (χ1v) is 5.72. The van der Waals surface area contributed by atoms with Gasteiger partial charge in [-0.25, -0.2) is 4.79 Å². The van der Waals surface area contributed by atoms with Crippen LogP contribution in [0.2, 0.25) is 0 Å². The van der Waals surface area contributed by atoms with Crippen LogP contribution in [0.3, 0.4) is 0 Å². The Labute approximate surface area is 100 Å². The Morgan fingerprint density at radius 3 is 2.88 bits per heavy atom. The summed E-state index contributed by atoms with van der Waals surface area (Å²) in [5, 5.41) is 18.0. The van der Waals surface area contributed by atoms with Gasteiger partial charge in [0.1, 0.15) is 11.4 Å². The molecule has 1 aromatic heterocycles. The highest BCUT2D eigenvalue weighted by Gasteiger charge is 2.15. The summed E-state index contributed by atoms with van der Waals surface area (Å²) in [6, 6.07) is -0.391. The summed E-state index contributed by atoms with van der Waals surface area (Å²) >= 11 is 0. The number of aromatic nitrogens is 1. The molecule has 1 heterocycles. The zero-order chi connectivity index (χ0) is 12.8. The summed E-state index contributed by atoms with van der Waals surface area (Å²) in [6.07, 6.45) is 1.19. The molecule has 1 aromatic rings. The number of hydrogen-bond donors (Lipinski definition) is 3. The van der Waals surface area contributed by atoms with Crippen LogP contribution in [0.5, 0.6) is 0 Å². The van der Waals surface area contributed by atoms with E-state index >= 15 is 0 Å².